The highest BCUT2D eigenvalue weighted by atomic mass is 19.4. The van der Waals surface area contributed by atoms with Gasteiger partial charge in [-0.2, -0.15) is 0 Å². The van der Waals surface area contributed by atoms with Crippen LogP contribution < -0.4 is 5.32 Å². The highest BCUT2D eigenvalue weighted by molar-refractivity contribution is 5.10. The summed E-state index contributed by atoms with van der Waals surface area (Å²) >= 11 is 0. The minimum absolute atomic E-state index is 0.0154. The number of aromatic nitrogens is 1. The highest BCUT2D eigenvalue weighted by Gasteiger charge is 2.28. The van der Waals surface area contributed by atoms with Crippen molar-refractivity contribution < 1.29 is 17.9 Å². The fourth-order valence-electron chi connectivity index (χ4n) is 1.37. The van der Waals surface area contributed by atoms with Gasteiger partial charge in [0.25, 0.3) is 0 Å². The molecule has 0 aromatic carbocycles. The molecule has 0 aliphatic heterocycles. The average molecular weight is 264 g/mol. The molecule has 6 heteroatoms. The average Bonchev–Trinajstić information content (AvgIpc) is 2.60. The zero-order chi connectivity index (χ0) is 13.8. The van der Waals surface area contributed by atoms with Crippen molar-refractivity contribution in [2.24, 2.45) is 0 Å². The van der Waals surface area contributed by atoms with Gasteiger partial charge in [0.15, 0.2) is 0 Å². The Morgan fingerprint density at radius 2 is 1.94 bits per heavy atom. The van der Waals surface area contributed by atoms with Crippen molar-refractivity contribution in [3.63, 3.8) is 0 Å². The van der Waals surface area contributed by atoms with E-state index in [1.165, 1.54) is 0 Å². The summed E-state index contributed by atoms with van der Waals surface area (Å²) in [6.07, 6.45) is -0.984. The van der Waals surface area contributed by atoms with Gasteiger partial charge in [-0.15, -0.1) is 13.2 Å². The molecule has 0 bridgehead atoms. The lowest BCUT2D eigenvalue weighted by Crippen LogP contribution is -2.34. The number of ether oxygens (including phenoxy) is 1. The van der Waals surface area contributed by atoms with Crippen LogP contribution in [0.4, 0.5) is 13.2 Å². The third kappa shape index (κ3) is 6.66. The summed E-state index contributed by atoms with van der Waals surface area (Å²) in [5.74, 6) is 0. The first-order valence-electron chi connectivity index (χ1n) is 5.76. The first-order valence-corrected chi connectivity index (χ1v) is 5.76. The summed E-state index contributed by atoms with van der Waals surface area (Å²) in [5, 5.41) is 3.31. The van der Waals surface area contributed by atoms with E-state index in [2.05, 4.69) is 30.8 Å². The fourth-order valence-corrected chi connectivity index (χ4v) is 1.37. The summed E-state index contributed by atoms with van der Waals surface area (Å²) < 4.78 is 40.7. The normalized spacial score (nSPS) is 13.0. The maximum atomic E-state index is 11.8. The van der Waals surface area contributed by atoms with E-state index < -0.39 is 6.36 Å². The van der Waals surface area contributed by atoms with E-state index in [0.29, 0.717) is 6.54 Å². The number of halogens is 3. The van der Waals surface area contributed by atoms with E-state index in [1.807, 2.05) is 12.3 Å². The lowest BCUT2D eigenvalue weighted by molar-refractivity contribution is -0.325. The van der Waals surface area contributed by atoms with Crippen LogP contribution in [0.5, 0.6) is 0 Å². The third-order valence-corrected chi connectivity index (χ3v) is 2.25. The van der Waals surface area contributed by atoms with Crippen LogP contribution in [-0.2, 0) is 17.8 Å². The zero-order valence-electron chi connectivity index (χ0n) is 10.8. The Kier molecular flexibility index (Phi) is 4.81. The van der Waals surface area contributed by atoms with Gasteiger partial charge >= 0.3 is 6.36 Å². The Morgan fingerprint density at radius 3 is 2.50 bits per heavy atom. The second-order valence-corrected chi connectivity index (χ2v) is 5.16. The van der Waals surface area contributed by atoms with Gasteiger partial charge in [-0.3, -0.25) is 4.74 Å². The largest absolute Gasteiger partial charge is 0.522 e. The summed E-state index contributed by atoms with van der Waals surface area (Å²) in [7, 11) is 0. The fraction of sp³-hybridized carbons (Fsp3) is 0.667. The first kappa shape index (κ1) is 15.0. The molecular weight excluding hydrogens is 245 g/mol. The monoisotopic (exact) mass is 264 g/mol. The van der Waals surface area contributed by atoms with Crippen molar-refractivity contribution in [2.45, 2.75) is 45.8 Å². The van der Waals surface area contributed by atoms with Gasteiger partial charge in [0.2, 0.25) is 0 Å². The SMILES string of the molecule is CC(C)(C)NCc1ccn(CCOC(F)(F)F)c1. The predicted molar refractivity (Wildman–Crippen MR) is 63.0 cm³/mol. The highest BCUT2D eigenvalue weighted by Crippen LogP contribution is 2.16. The molecule has 1 aromatic heterocycles. The first-order chi connectivity index (χ1) is 8.16. The van der Waals surface area contributed by atoms with E-state index in [1.54, 1.807) is 10.8 Å². The molecule has 0 amide bonds. The molecular formula is C12H19F3N2O. The van der Waals surface area contributed by atoms with Gasteiger partial charge in [0.1, 0.15) is 0 Å². The number of hydrogen-bond acceptors (Lipinski definition) is 2. The smallest absolute Gasteiger partial charge is 0.352 e. The Bertz CT molecular complexity index is 366. The number of hydrogen-bond donors (Lipinski definition) is 1. The van der Waals surface area contributed by atoms with E-state index in [4.69, 9.17) is 0 Å². The predicted octanol–water partition coefficient (Wildman–Crippen LogP) is 2.91. The van der Waals surface area contributed by atoms with Crippen LogP contribution in [0, 0.1) is 0 Å². The van der Waals surface area contributed by atoms with Crippen LogP contribution >= 0.6 is 0 Å². The molecule has 3 nitrogen and oxygen atoms in total. The molecule has 1 N–H and O–H groups in total. The lowest BCUT2D eigenvalue weighted by atomic mass is 10.1. The summed E-state index contributed by atoms with van der Waals surface area (Å²) in [5.41, 5.74) is 1.05. The van der Waals surface area contributed by atoms with Gasteiger partial charge in [-0.05, 0) is 32.4 Å². The topological polar surface area (TPSA) is 26.2 Å². The van der Waals surface area contributed by atoms with Crippen LogP contribution in [0.25, 0.3) is 0 Å². The Balaban J connectivity index is 2.35. The van der Waals surface area contributed by atoms with Crippen molar-refractivity contribution in [2.75, 3.05) is 6.61 Å². The van der Waals surface area contributed by atoms with Gasteiger partial charge < -0.3 is 9.88 Å². The third-order valence-electron chi connectivity index (χ3n) is 2.25. The maximum Gasteiger partial charge on any atom is 0.522 e. The lowest BCUT2D eigenvalue weighted by Gasteiger charge is -2.19. The van der Waals surface area contributed by atoms with Crippen LogP contribution in [0.15, 0.2) is 18.5 Å². The molecule has 0 aliphatic rings. The molecule has 0 saturated heterocycles. The van der Waals surface area contributed by atoms with Crippen molar-refractivity contribution >= 4 is 0 Å². The van der Waals surface area contributed by atoms with Gasteiger partial charge in [0.05, 0.1) is 6.61 Å². The molecule has 104 valence electrons. The van der Waals surface area contributed by atoms with E-state index in [9.17, 15) is 13.2 Å². The number of alkyl halides is 3. The van der Waals surface area contributed by atoms with Crippen molar-refractivity contribution in [1.29, 1.82) is 0 Å². The van der Waals surface area contributed by atoms with Crippen LogP contribution in [0.1, 0.15) is 26.3 Å². The minimum atomic E-state index is -4.55. The molecule has 1 heterocycles. The number of nitrogens with one attached hydrogen (secondary N) is 1. The molecule has 0 atom stereocenters. The summed E-state index contributed by atoms with van der Waals surface area (Å²) in [4.78, 5) is 0. The molecule has 0 unspecified atom stereocenters. The Hall–Kier alpha value is -1.01. The number of nitrogens with zero attached hydrogens (tertiary/aromatic N) is 1. The maximum absolute atomic E-state index is 11.8. The minimum Gasteiger partial charge on any atom is -0.352 e. The Labute approximate surface area is 105 Å². The van der Waals surface area contributed by atoms with Crippen molar-refractivity contribution in [3.8, 4) is 0 Å². The number of rotatable bonds is 5. The molecule has 0 aliphatic carbocycles. The van der Waals surface area contributed by atoms with Crippen molar-refractivity contribution in [3.05, 3.63) is 24.0 Å². The molecule has 0 saturated carbocycles. The molecule has 0 spiro atoms. The molecule has 0 fully saturated rings. The van der Waals surface area contributed by atoms with Crippen LogP contribution in [0.3, 0.4) is 0 Å². The van der Waals surface area contributed by atoms with Gasteiger partial charge in [0, 0.05) is 31.0 Å². The quantitative estimate of drug-likeness (QED) is 0.885. The zero-order valence-corrected chi connectivity index (χ0v) is 10.8. The standard InChI is InChI=1S/C12H19F3N2O/c1-11(2,3)16-8-10-4-5-17(9-10)6-7-18-12(13,14)15/h4-5,9,16H,6-8H2,1-3H3. The summed E-state index contributed by atoms with van der Waals surface area (Å²) in [6.45, 7) is 6.68. The molecule has 1 aromatic rings. The van der Waals surface area contributed by atoms with E-state index in [0.717, 1.165) is 5.56 Å². The second-order valence-electron chi connectivity index (χ2n) is 5.16. The van der Waals surface area contributed by atoms with Gasteiger partial charge in [-0.25, -0.2) is 0 Å². The van der Waals surface area contributed by atoms with Crippen molar-refractivity contribution in [1.82, 2.24) is 9.88 Å². The Morgan fingerprint density at radius 1 is 1.28 bits per heavy atom. The summed E-state index contributed by atoms with van der Waals surface area (Å²) in [6, 6.07) is 1.88. The molecule has 1 rings (SSSR count). The van der Waals surface area contributed by atoms with Gasteiger partial charge in [-0.1, -0.05) is 0 Å². The molecule has 0 radical (unpaired) electrons. The van der Waals surface area contributed by atoms with Crippen LogP contribution in [-0.4, -0.2) is 23.1 Å². The van der Waals surface area contributed by atoms with Crippen LogP contribution in [0.2, 0.25) is 0 Å². The second kappa shape index (κ2) is 5.75. The van der Waals surface area contributed by atoms with E-state index >= 15 is 0 Å². The van der Waals surface area contributed by atoms with E-state index in [-0.39, 0.29) is 18.7 Å². The molecule has 18 heavy (non-hydrogen) atoms.